The van der Waals surface area contributed by atoms with Crippen LogP contribution in [0, 0.1) is 5.92 Å². The Morgan fingerprint density at radius 3 is 2.58 bits per heavy atom. The Labute approximate surface area is 146 Å². The first kappa shape index (κ1) is 20.1. The number of allylic oxidation sites excluding steroid dienone is 4. The van der Waals surface area contributed by atoms with Crippen molar-refractivity contribution in [2.24, 2.45) is 5.92 Å². The summed E-state index contributed by atoms with van der Waals surface area (Å²) in [4.78, 5) is 12.5. The number of benzene rings is 1. The molecular weight excluding hydrogens is 296 g/mol. The molecule has 1 unspecified atom stereocenters. The molecule has 0 saturated carbocycles. The molecule has 0 aromatic heterocycles. The van der Waals surface area contributed by atoms with Gasteiger partial charge >= 0.3 is 0 Å². The number of Topliss-reactive ketones (excluding diaryl/α,β-unsaturated/α-hetero) is 1. The molecule has 0 aliphatic rings. The van der Waals surface area contributed by atoms with Crippen LogP contribution in [0.5, 0.6) is 0 Å². The van der Waals surface area contributed by atoms with Crippen LogP contribution in [-0.4, -0.2) is 19.5 Å². The highest BCUT2D eigenvalue weighted by molar-refractivity contribution is 5.84. The van der Waals surface area contributed by atoms with Gasteiger partial charge in [0.15, 0.2) is 0 Å². The Balaban J connectivity index is 2.73. The van der Waals surface area contributed by atoms with Gasteiger partial charge in [-0.05, 0) is 24.8 Å². The van der Waals surface area contributed by atoms with Gasteiger partial charge in [-0.15, -0.1) is 0 Å². The van der Waals surface area contributed by atoms with Gasteiger partial charge in [0.1, 0.15) is 5.78 Å². The van der Waals surface area contributed by atoms with E-state index in [9.17, 15) is 4.79 Å². The molecule has 130 valence electrons. The van der Waals surface area contributed by atoms with E-state index in [2.05, 4.69) is 25.7 Å². The minimum Gasteiger partial charge on any atom is -0.381 e. The molecule has 1 aromatic carbocycles. The molecule has 0 aliphatic heterocycles. The molecule has 1 aromatic rings. The van der Waals surface area contributed by atoms with Crippen molar-refractivity contribution in [2.45, 2.75) is 39.5 Å². The molecular formula is C22H30O2. The molecule has 0 radical (unpaired) electrons. The minimum absolute atomic E-state index is 0.0951. The van der Waals surface area contributed by atoms with Crippen molar-refractivity contribution in [1.82, 2.24) is 0 Å². The zero-order valence-corrected chi connectivity index (χ0v) is 15.3. The normalized spacial score (nSPS) is 13.2. The van der Waals surface area contributed by atoms with E-state index >= 15 is 0 Å². The summed E-state index contributed by atoms with van der Waals surface area (Å²) in [5, 5.41) is 0. The molecule has 0 N–H and O–H groups in total. The van der Waals surface area contributed by atoms with Crippen LogP contribution in [0.3, 0.4) is 0 Å². The predicted octanol–water partition coefficient (Wildman–Crippen LogP) is 5.31. The van der Waals surface area contributed by atoms with Crippen LogP contribution in [0.15, 0.2) is 66.3 Å². The van der Waals surface area contributed by atoms with Crippen molar-refractivity contribution in [2.75, 3.05) is 13.7 Å². The van der Waals surface area contributed by atoms with Crippen LogP contribution in [0.25, 0.3) is 0 Å². The van der Waals surface area contributed by atoms with Crippen molar-refractivity contribution in [1.29, 1.82) is 0 Å². The maximum atomic E-state index is 12.5. The van der Waals surface area contributed by atoms with Crippen LogP contribution < -0.4 is 0 Å². The molecule has 0 fully saturated rings. The van der Waals surface area contributed by atoms with Gasteiger partial charge in [0.2, 0.25) is 0 Å². The van der Waals surface area contributed by atoms with Gasteiger partial charge < -0.3 is 4.74 Å². The van der Waals surface area contributed by atoms with Gasteiger partial charge in [0, 0.05) is 19.4 Å². The number of ether oxygens (including phenoxy) is 1. The third-order valence-corrected chi connectivity index (χ3v) is 4.06. The first-order valence-electron chi connectivity index (χ1n) is 8.66. The van der Waals surface area contributed by atoms with Crippen LogP contribution in [-0.2, 0) is 16.0 Å². The van der Waals surface area contributed by atoms with Crippen LogP contribution >= 0.6 is 0 Å². The van der Waals surface area contributed by atoms with Crippen LogP contribution in [0.2, 0.25) is 0 Å². The Morgan fingerprint density at radius 2 is 1.96 bits per heavy atom. The van der Waals surface area contributed by atoms with Gasteiger partial charge in [0.25, 0.3) is 0 Å². The van der Waals surface area contributed by atoms with Crippen molar-refractivity contribution < 1.29 is 9.53 Å². The Bertz CT molecular complexity index is 567. The summed E-state index contributed by atoms with van der Waals surface area (Å²) in [6.45, 7) is 8.75. The fraction of sp³-hybridized carbons (Fsp3) is 0.409. The van der Waals surface area contributed by atoms with E-state index in [0.29, 0.717) is 13.0 Å². The zero-order valence-electron chi connectivity index (χ0n) is 15.3. The quantitative estimate of drug-likeness (QED) is 0.407. The van der Waals surface area contributed by atoms with Crippen molar-refractivity contribution in [3.05, 3.63) is 71.8 Å². The monoisotopic (exact) mass is 326 g/mol. The second-order valence-electron chi connectivity index (χ2n) is 6.12. The Hall–Kier alpha value is -1.93. The van der Waals surface area contributed by atoms with E-state index in [1.54, 1.807) is 7.11 Å². The van der Waals surface area contributed by atoms with Gasteiger partial charge in [-0.25, -0.2) is 0 Å². The predicted molar refractivity (Wildman–Crippen MR) is 102 cm³/mol. The van der Waals surface area contributed by atoms with E-state index in [1.807, 2.05) is 43.3 Å². The third kappa shape index (κ3) is 8.07. The molecule has 1 atom stereocenters. The second kappa shape index (κ2) is 11.6. The Kier molecular flexibility index (Phi) is 9.71. The highest BCUT2D eigenvalue weighted by atomic mass is 16.5. The third-order valence-electron chi connectivity index (χ3n) is 4.06. The summed E-state index contributed by atoms with van der Waals surface area (Å²) in [5.74, 6) is 0.149. The highest BCUT2D eigenvalue weighted by Gasteiger charge is 2.11. The van der Waals surface area contributed by atoms with Gasteiger partial charge in [0.05, 0.1) is 6.61 Å². The molecule has 0 bridgehead atoms. The number of hydrogen-bond acceptors (Lipinski definition) is 2. The topological polar surface area (TPSA) is 26.3 Å². The number of hydrogen-bond donors (Lipinski definition) is 0. The zero-order chi connectivity index (χ0) is 17.8. The molecule has 0 amide bonds. The number of ketones is 1. The minimum atomic E-state index is -0.0951. The lowest BCUT2D eigenvalue weighted by atomic mass is 9.95. The van der Waals surface area contributed by atoms with Gasteiger partial charge in [-0.3, -0.25) is 4.79 Å². The summed E-state index contributed by atoms with van der Waals surface area (Å²) in [6.07, 6.45) is 9.50. The first-order chi connectivity index (χ1) is 11.6. The molecule has 0 saturated heterocycles. The summed E-state index contributed by atoms with van der Waals surface area (Å²) >= 11 is 0. The number of carbonyl (C=O) groups excluding carboxylic acids is 1. The number of methoxy groups -OCH3 is 1. The van der Waals surface area contributed by atoms with E-state index in [0.717, 1.165) is 24.8 Å². The fourth-order valence-electron chi connectivity index (χ4n) is 2.39. The molecule has 1 rings (SSSR count). The van der Waals surface area contributed by atoms with E-state index in [-0.39, 0.29) is 11.7 Å². The lowest BCUT2D eigenvalue weighted by Crippen LogP contribution is -2.12. The summed E-state index contributed by atoms with van der Waals surface area (Å²) in [5.41, 5.74) is 3.48. The van der Waals surface area contributed by atoms with Crippen LogP contribution in [0.4, 0.5) is 0 Å². The first-order valence-corrected chi connectivity index (χ1v) is 8.66. The van der Waals surface area contributed by atoms with E-state index < -0.39 is 0 Å². The lowest BCUT2D eigenvalue weighted by Gasteiger charge is -2.10. The second-order valence-corrected chi connectivity index (χ2v) is 6.12. The average Bonchev–Trinajstić information content (AvgIpc) is 2.60. The molecule has 2 nitrogen and oxygen atoms in total. The lowest BCUT2D eigenvalue weighted by molar-refractivity contribution is -0.120. The van der Waals surface area contributed by atoms with Crippen molar-refractivity contribution >= 4 is 5.78 Å². The summed E-state index contributed by atoms with van der Waals surface area (Å²) in [6, 6.07) is 9.91. The molecule has 2 heteroatoms. The molecule has 0 aliphatic carbocycles. The summed E-state index contributed by atoms with van der Waals surface area (Å²) < 4.78 is 5.07. The smallest absolute Gasteiger partial charge is 0.143 e. The fourth-order valence-corrected chi connectivity index (χ4v) is 2.39. The highest BCUT2D eigenvalue weighted by Crippen LogP contribution is 2.17. The van der Waals surface area contributed by atoms with Crippen molar-refractivity contribution in [3.63, 3.8) is 0 Å². The van der Waals surface area contributed by atoms with Crippen LogP contribution in [0.1, 0.15) is 38.7 Å². The average molecular weight is 326 g/mol. The molecule has 24 heavy (non-hydrogen) atoms. The maximum absolute atomic E-state index is 12.5. The maximum Gasteiger partial charge on any atom is 0.143 e. The summed E-state index contributed by atoms with van der Waals surface area (Å²) in [7, 11) is 1.68. The van der Waals surface area contributed by atoms with Gasteiger partial charge in [-0.2, -0.15) is 0 Å². The number of carbonyl (C=O) groups is 1. The molecule has 0 heterocycles. The standard InChI is InChI=1S/C22H30O2/c1-5-18(2)13-14-21(12-9-15-24-4)16-19(3)22(23)17-20-10-7-6-8-11-20/h6-12,16,19H,2,5,13-15,17H2,1,3-4H3/b12-9-,21-16+. The molecule has 0 spiro atoms. The van der Waals surface area contributed by atoms with E-state index in [4.69, 9.17) is 4.74 Å². The van der Waals surface area contributed by atoms with Crippen molar-refractivity contribution in [3.8, 4) is 0 Å². The number of rotatable bonds is 11. The largest absolute Gasteiger partial charge is 0.381 e. The van der Waals surface area contributed by atoms with E-state index in [1.165, 1.54) is 11.1 Å². The Morgan fingerprint density at radius 1 is 1.25 bits per heavy atom. The SMILES string of the molecule is C=C(CC)CCC(/C=C\COC)=C/C(C)C(=O)Cc1ccccc1. The van der Waals surface area contributed by atoms with Gasteiger partial charge in [-0.1, -0.05) is 80.1 Å².